The second-order valence-electron chi connectivity index (χ2n) is 6.68. The molecule has 2 N–H and O–H groups in total. The summed E-state index contributed by atoms with van der Waals surface area (Å²) in [5.74, 6) is 1.26. The van der Waals surface area contributed by atoms with Crippen LogP contribution in [0.25, 0.3) is 11.0 Å². The van der Waals surface area contributed by atoms with Crippen molar-refractivity contribution >= 4 is 33.2 Å². The Labute approximate surface area is 169 Å². The highest BCUT2D eigenvalue weighted by molar-refractivity contribution is 7.91. The number of rotatable bonds is 4. The number of hydrogen-bond donors (Lipinski definition) is 2. The van der Waals surface area contributed by atoms with Gasteiger partial charge in [0.15, 0.2) is 11.3 Å². The highest BCUT2D eigenvalue weighted by Crippen LogP contribution is 2.38. The number of aliphatic hydroxyl groups excluding tert-OH is 1. The number of aliphatic hydroxyl groups is 1. The fraction of sp³-hybridized carbons (Fsp3) is 0.300. The first-order valence-electron chi connectivity index (χ1n) is 8.78. The van der Waals surface area contributed by atoms with Crippen LogP contribution in [0.15, 0.2) is 50.6 Å². The van der Waals surface area contributed by atoms with Crippen molar-refractivity contribution in [3.8, 4) is 5.75 Å². The molecule has 3 aromatic rings. The molecule has 2 aromatic carbocycles. The molecule has 1 aliphatic rings. The van der Waals surface area contributed by atoms with E-state index >= 15 is 0 Å². The lowest BCUT2D eigenvalue weighted by Crippen LogP contribution is -2.22. The Kier molecular flexibility index (Phi) is 5.72. The van der Waals surface area contributed by atoms with E-state index in [-0.39, 0.29) is 22.2 Å². The minimum Gasteiger partial charge on any atom is -0.493 e. The van der Waals surface area contributed by atoms with Crippen molar-refractivity contribution in [2.75, 3.05) is 13.7 Å². The first-order chi connectivity index (χ1) is 12.9. The Morgan fingerprint density at radius 1 is 1.21 bits per heavy atom. The molecule has 1 aliphatic heterocycles. The number of sulfone groups is 1. The zero-order valence-electron chi connectivity index (χ0n) is 15.6. The lowest BCUT2D eigenvalue weighted by molar-refractivity contribution is 0.199. The summed E-state index contributed by atoms with van der Waals surface area (Å²) in [5, 5.41) is 13.8. The molecule has 28 heavy (non-hydrogen) atoms. The number of ether oxygens (including phenoxy) is 1. The molecule has 0 radical (unpaired) electrons. The van der Waals surface area contributed by atoms with E-state index in [0.717, 1.165) is 29.7 Å². The molecule has 0 amide bonds. The Hall–Kier alpha value is -2.06. The maximum Gasteiger partial charge on any atom is 0.206 e. The van der Waals surface area contributed by atoms with Gasteiger partial charge in [-0.25, -0.2) is 8.42 Å². The third-order valence-electron chi connectivity index (χ3n) is 4.93. The number of halogens is 1. The molecule has 0 unspecified atom stereocenters. The van der Waals surface area contributed by atoms with Crippen molar-refractivity contribution < 1.29 is 22.7 Å². The smallest absolute Gasteiger partial charge is 0.206 e. The van der Waals surface area contributed by atoms with Gasteiger partial charge in [0.1, 0.15) is 5.76 Å². The summed E-state index contributed by atoms with van der Waals surface area (Å²) in [5.41, 5.74) is 2.10. The van der Waals surface area contributed by atoms with Crippen LogP contribution < -0.4 is 10.1 Å². The van der Waals surface area contributed by atoms with Gasteiger partial charge in [-0.2, -0.15) is 0 Å². The zero-order valence-corrected chi connectivity index (χ0v) is 17.2. The minimum absolute atomic E-state index is 0. The number of furan rings is 1. The first kappa shape index (κ1) is 20.7. The van der Waals surface area contributed by atoms with Gasteiger partial charge in [0.25, 0.3) is 0 Å². The molecule has 0 saturated heterocycles. The van der Waals surface area contributed by atoms with Gasteiger partial charge in [-0.05, 0) is 30.7 Å². The van der Waals surface area contributed by atoms with Gasteiger partial charge in [0.2, 0.25) is 9.84 Å². The largest absolute Gasteiger partial charge is 0.493 e. The van der Waals surface area contributed by atoms with Crippen molar-refractivity contribution in [3.63, 3.8) is 0 Å². The first-order valence-corrected chi connectivity index (χ1v) is 10.3. The van der Waals surface area contributed by atoms with Crippen LogP contribution in [0.3, 0.4) is 0 Å². The maximum atomic E-state index is 13.2. The van der Waals surface area contributed by atoms with Gasteiger partial charge in [0.05, 0.1) is 23.0 Å². The molecular weight excluding hydrogens is 402 g/mol. The number of nitrogens with one attached hydrogen (secondary N) is 1. The molecule has 0 aliphatic carbocycles. The van der Waals surface area contributed by atoms with Crippen LogP contribution in [0.5, 0.6) is 5.75 Å². The summed E-state index contributed by atoms with van der Waals surface area (Å²) in [4.78, 5) is 0.279. The van der Waals surface area contributed by atoms with Crippen LogP contribution in [0.2, 0.25) is 0 Å². The zero-order chi connectivity index (χ0) is 19.2. The van der Waals surface area contributed by atoms with Gasteiger partial charge < -0.3 is 19.6 Å². The average Bonchev–Trinajstić information content (AvgIpc) is 3.06. The van der Waals surface area contributed by atoms with Crippen molar-refractivity contribution in [2.45, 2.75) is 35.8 Å². The summed E-state index contributed by atoms with van der Waals surface area (Å²) < 4.78 is 37.8. The van der Waals surface area contributed by atoms with E-state index in [1.165, 1.54) is 25.3 Å². The summed E-state index contributed by atoms with van der Waals surface area (Å²) in [7, 11) is -2.28. The van der Waals surface area contributed by atoms with E-state index in [1.807, 2.05) is 0 Å². The fourth-order valence-electron chi connectivity index (χ4n) is 3.44. The summed E-state index contributed by atoms with van der Waals surface area (Å²) >= 11 is 0. The van der Waals surface area contributed by atoms with Crippen LogP contribution in [0, 0.1) is 0 Å². The van der Waals surface area contributed by atoms with Crippen molar-refractivity contribution in [2.24, 2.45) is 0 Å². The summed E-state index contributed by atoms with van der Waals surface area (Å²) in [6.45, 7) is 3.06. The molecule has 0 bridgehead atoms. The molecular formula is C20H22ClNO5S. The van der Waals surface area contributed by atoms with Crippen molar-refractivity contribution in [1.29, 1.82) is 0 Å². The van der Waals surface area contributed by atoms with Crippen LogP contribution in [-0.4, -0.2) is 27.2 Å². The van der Waals surface area contributed by atoms with Gasteiger partial charge in [-0.3, -0.25) is 0 Å². The van der Waals surface area contributed by atoms with E-state index in [0.29, 0.717) is 23.4 Å². The van der Waals surface area contributed by atoms with Gasteiger partial charge in [0, 0.05) is 36.5 Å². The lowest BCUT2D eigenvalue weighted by atomic mass is 10.1. The lowest BCUT2D eigenvalue weighted by Gasteiger charge is -2.12. The third kappa shape index (κ3) is 3.39. The standard InChI is InChI=1S/C20H21NO5S.ClH/c1-12(22)13-4-3-5-14(8-13)27(23,24)15-9-16-17-11-21-7-6-18(17)26-20(16)19(10-15)25-2;/h3-5,8-10,12,21-22H,6-7,11H2,1-2H3;1H/t12-;/m0./s1. The van der Waals surface area contributed by atoms with Gasteiger partial charge in [-0.1, -0.05) is 12.1 Å². The Morgan fingerprint density at radius 3 is 2.71 bits per heavy atom. The second kappa shape index (κ2) is 7.75. The van der Waals surface area contributed by atoms with Crippen LogP contribution in [0.1, 0.15) is 29.9 Å². The molecule has 4 rings (SSSR count). The SMILES string of the molecule is COc1cc(S(=O)(=O)c2cccc([C@H](C)O)c2)cc2c3c(oc12)CCNC3.Cl. The molecule has 0 saturated carbocycles. The molecule has 2 heterocycles. The maximum absolute atomic E-state index is 13.2. The topological polar surface area (TPSA) is 88.8 Å². The van der Waals surface area contributed by atoms with Gasteiger partial charge >= 0.3 is 0 Å². The van der Waals surface area contributed by atoms with E-state index in [1.54, 1.807) is 25.1 Å². The molecule has 0 fully saturated rings. The minimum atomic E-state index is -3.78. The predicted molar refractivity (Wildman–Crippen MR) is 108 cm³/mol. The number of methoxy groups -OCH3 is 1. The van der Waals surface area contributed by atoms with Crippen LogP contribution in [0.4, 0.5) is 0 Å². The molecule has 1 atom stereocenters. The van der Waals surface area contributed by atoms with Gasteiger partial charge in [-0.15, -0.1) is 12.4 Å². The van der Waals surface area contributed by atoms with Crippen LogP contribution >= 0.6 is 12.4 Å². The second-order valence-corrected chi connectivity index (χ2v) is 8.63. The van der Waals surface area contributed by atoms with E-state index < -0.39 is 15.9 Å². The molecule has 0 spiro atoms. The summed E-state index contributed by atoms with van der Waals surface area (Å²) in [6.07, 6.45) is 0.00947. The third-order valence-corrected chi connectivity index (χ3v) is 6.66. The molecule has 150 valence electrons. The highest BCUT2D eigenvalue weighted by atomic mass is 35.5. The number of benzene rings is 2. The number of hydrogen-bond acceptors (Lipinski definition) is 6. The predicted octanol–water partition coefficient (Wildman–Crippen LogP) is 3.40. The van der Waals surface area contributed by atoms with Crippen molar-refractivity contribution in [1.82, 2.24) is 5.32 Å². The van der Waals surface area contributed by atoms with E-state index in [4.69, 9.17) is 9.15 Å². The van der Waals surface area contributed by atoms with E-state index in [9.17, 15) is 13.5 Å². The quantitative estimate of drug-likeness (QED) is 0.668. The Bertz CT molecular complexity index is 1120. The molecule has 1 aromatic heterocycles. The molecule has 6 nitrogen and oxygen atoms in total. The Morgan fingerprint density at radius 2 is 2.00 bits per heavy atom. The van der Waals surface area contributed by atoms with E-state index in [2.05, 4.69) is 5.32 Å². The van der Waals surface area contributed by atoms with Crippen LogP contribution in [-0.2, 0) is 22.8 Å². The van der Waals surface area contributed by atoms with Crippen molar-refractivity contribution in [3.05, 3.63) is 53.3 Å². The fourth-order valence-corrected chi connectivity index (χ4v) is 4.79. The highest BCUT2D eigenvalue weighted by Gasteiger charge is 2.25. The normalized spacial score (nSPS) is 15.0. The molecule has 8 heteroatoms. The monoisotopic (exact) mass is 423 g/mol. The average molecular weight is 424 g/mol. The summed E-state index contributed by atoms with van der Waals surface area (Å²) in [6, 6.07) is 9.51. The Balaban J connectivity index is 0.00000225. The number of fused-ring (bicyclic) bond motifs is 3.